The zero-order chi connectivity index (χ0) is 20.1. The molecular weight excluding hydrogens is 378 g/mol. The molecule has 0 radical (unpaired) electrons. The molecular formula is C21H25NO5S. The standard InChI is InChI=1S/C21H25NO5S/c1-25-14-10-8-11-15(26-2)18(14)19(23)22-20-17(21(24)27-3)13-9-6-4-5-7-12-16(13)28-20/h8,10-11H,4-7,9,12H2,1-3H3,(H,22,23). The average molecular weight is 404 g/mol. The molecule has 0 spiro atoms. The van der Waals surface area contributed by atoms with Gasteiger partial charge in [0.25, 0.3) is 5.91 Å². The Morgan fingerprint density at radius 3 is 2.18 bits per heavy atom. The fourth-order valence-electron chi connectivity index (χ4n) is 3.57. The zero-order valence-corrected chi connectivity index (χ0v) is 17.2. The number of thiophene rings is 1. The van der Waals surface area contributed by atoms with E-state index in [1.54, 1.807) is 18.2 Å². The summed E-state index contributed by atoms with van der Waals surface area (Å²) >= 11 is 1.46. The van der Waals surface area contributed by atoms with E-state index in [1.165, 1.54) is 39.1 Å². The monoisotopic (exact) mass is 403 g/mol. The number of hydrogen-bond acceptors (Lipinski definition) is 6. The minimum Gasteiger partial charge on any atom is -0.496 e. The van der Waals surface area contributed by atoms with Crippen LogP contribution in [0, 0.1) is 0 Å². The highest BCUT2D eigenvalue weighted by atomic mass is 32.1. The molecule has 0 fully saturated rings. The van der Waals surface area contributed by atoms with Crippen LogP contribution in [0.5, 0.6) is 11.5 Å². The highest BCUT2D eigenvalue weighted by Gasteiger charge is 2.27. The lowest BCUT2D eigenvalue weighted by Crippen LogP contribution is -2.16. The first-order chi connectivity index (χ1) is 13.6. The molecule has 28 heavy (non-hydrogen) atoms. The Kier molecular flexibility index (Phi) is 6.57. The van der Waals surface area contributed by atoms with Gasteiger partial charge in [-0.1, -0.05) is 18.9 Å². The minimum absolute atomic E-state index is 0.295. The molecule has 0 bridgehead atoms. The quantitative estimate of drug-likeness (QED) is 0.746. The largest absolute Gasteiger partial charge is 0.496 e. The molecule has 1 N–H and O–H groups in total. The predicted octanol–water partition coefficient (Wildman–Crippen LogP) is 4.46. The van der Waals surface area contributed by atoms with Crippen LogP contribution in [0.4, 0.5) is 5.00 Å². The molecule has 1 aromatic carbocycles. The summed E-state index contributed by atoms with van der Waals surface area (Å²) in [5.41, 5.74) is 1.79. The fourth-order valence-corrected chi connectivity index (χ4v) is 4.84. The third-order valence-electron chi connectivity index (χ3n) is 4.94. The van der Waals surface area contributed by atoms with Gasteiger partial charge in [0.1, 0.15) is 22.1 Å². The Balaban J connectivity index is 2.01. The molecule has 6 nitrogen and oxygen atoms in total. The lowest BCUT2D eigenvalue weighted by molar-refractivity contribution is 0.0601. The van der Waals surface area contributed by atoms with Crippen LogP contribution in [-0.4, -0.2) is 33.2 Å². The molecule has 2 aromatic rings. The number of fused-ring (bicyclic) bond motifs is 1. The van der Waals surface area contributed by atoms with Gasteiger partial charge < -0.3 is 19.5 Å². The number of ether oxygens (including phenoxy) is 3. The number of rotatable bonds is 5. The third-order valence-corrected chi connectivity index (χ3v) is 6.15. The summed E-state index contributed by atoms with van der Waals surface area (Å²) in [6, 6.07) is 5.16. The summed E-state index contributed by atoms with van der Waals surface area (Å²) in [7, 11) is 4.37. The lowest BCUT2D eigenvalue weighted by Gasteiger charge is -2.13. The second-order valence-corrected chi connectivity index (χ2v) is 7.71. The average Bonchev–Trinajstić information content (AvgIpc) is 3.02. The van der Waals surface area contributed by atoms with Gasteiger partial charge in [0.05, 0.1) is 26.9 Å². The Hall–Kier alpha value is -2.54. The minimum atomic E-state index is -0.416. The number of amides is 1. The van der Waals surface area contributed by atoms with Crippen LogP contribution >= 0.6 is 11.3 Å². The normalized spacial score (nSPS) is 13.7. The van der Waals surface area contributed by atoms with Gasteiger partial charge in [-0.15, -0.1) is 11.3 Å². The van der Waals surface area contributed by atoms with Gasteiger partial charge >= 0.3 is 5.97 Å². The summed E-state index contributed by atoms with van der Waals surface area (Å²) < 4.78 is 15.7. The van der Waals surface area contributed by atoms with Crippen LogP contribution in [0.1, 0.15) is 56.8 Å². The van der Waals surface area contributed by atoms with Crippen LogP contribution in [0.15, 0.2) is 18.2 Å². The molecule has 1 amide bonds. The second-order valence-electron chi connectivity index (χ2n) is 6.61. The van der Waals surface area contributed by atoms with Crippen LogP contribution in [-0.2, 0) is 17.6 Å². The SMILES string of the molecule is COC(=O)c1c(NC(=O)c2c(OC)cccc2OC)sc2c1CCCCCC2. The van der Waals surface area contributed by atoms with E-state index in [0.717, 1.165) is 42.5 Å². The molecule has 0 atom stereocenters. The number of carbonyl (C=O) groups is 2. The Morgan fingerprint density at radius 1 is 0.929 bits per heavy atom. The predicted molar refractivity (Wildman–Crippen MR) is 109 cm³/mol. The van der Waals surface area contributed by atoms with Crippen molar-refractivity contribution < 1.29 is 23.8 Å². The van der Waals surface area contributed by atoms with Gasteiger partial charge in [-0.3, -0.25) is 4.79 Å². The smallest absolute Gasteiger partial charge is 0.341 e. The van der Waals surface area contributed by atoms with Gasteiger partial charge in [0, 0.05) is 4.88 Å². The number of benzene rings is 1. The maximum atomic E-state index is 13.1. The van der Waals surface area contributed by atoms with E-state index in [4.69, 9.17) is 14.2 Å². The highest BCUT2D eigenvalue weighted by Crippen LogP contribution is 2.38. The van der Waals surface area contributed by atoms with Crippen molar-refractivity contribution in [1.82, 2.24) is 0 Å². The first-order valence-electron chi connectivity index (χ1n) is 9.35. The van der Waals surface area contributed by atoms with Crippen molar-refractivity contribution in [3.63, 3.8) is 0 Å². The number of anilines is 1. The van der Waals surface area contributed by atoms with Crippen molar-refractivity contribution in [2.75, 3.05) is 26.6 Å². The van der Waals surface area contributed by atoms with Crippen molar-refractivity contribution >= 4 is 28.2 Å². The molecule has 0 unspecified atom stereocenters. The van der Waals surface area contributed by atoms with E-state index in [2.05, 4.69) is 5.32 Å². The Labute approximate surface area is 168 Å². The number of aryl methyl sites for hydroxylation is 1. The Bertz CT molecular complexity index is 852. The molecule has 1 aromatic heterocycles. The van der Waals surface area contributed by atoms with Gasteiger partial charge in [0.2, 0.25) is 0 Å². The summed E-state index contributed by atoms with van der Waals surface area (Å²) in [6.07, 6.45) is 6.19. The number of esters is 1. The first-order valence-corrected chi connectivity index (χ1v) is 10.2. The number of carbonyl (C=O) groups excluding carboxylic acids is 2. The van der Waals surface area contributed by atoms with Crippen molar-refractivity contribution in [3.8, 4) is 11.5 Å². The second kappa shape index (κ2) is 9.10. The van der Waals surface area contributed by atoms with Crippen LogP contribution in [0.25, 0.3) is 0 Å². The molecule has 0 aliphatic heterocycles. The Morgan fingerprint density at radius 2 is 1.57 bits per heavy atom. The van der Waals surface area contributed by atoms with Crippen molar-refractivity contribution in [2.24, 2.45) is 0 Å². The molecule has 0 saturated carbocycles. The van der Waals surface area contributed by atoms with Crippen molar-refractivity contribution in [3.05, 3.63) is 39.8 Å². The summed E-state index contributed by atoms with van der Waals surface area (Å²) in [4.78, 5) is 26.7. The van der Waals surface area contributed by atoms with Gasteiger partial charge in [-0.25, -0.2) is 4.79 Å². The topological polar surface area (TPSA) is 73.9 Å². The molecule has 0 saturated heterocycles. The van der Waals surface area contributed by atoms with E-state index in [9.17, 15) is 9.59 Å². The van der Waals surface area contributed by atoms with Crippen LogP contribution < -0.4 is 14.8 Å². The van der Waals surface area contributed by atoms with Crippen LogP contribution in [0.3, 0.4) is 0 Å². The van der Waals surface area contributed by atoms with Crippen molar-refractivity contribution in [2.45, 2.75) is 38.5 Å². The maximum absolute atomic E-state index is 13.1. The zero-order valence-electron chi connectivity index (χ0n) is 16.4. The molecule has 1 aliphatic rings. The van der Waals surface area contributed by atoms with Gasteiger partial charge in [0.15, 0.2) is 0 Å². The lowest BCUT2D eigenvalue weighted by atomic mass is 9.96. The highest BCUT2D eigenvalue weighted by molar-refractivity contribution is 7.17. The number of methoxy groups -OCH3 is 3. The van der Waals surface area contributed by atoms with E-state index in [1.807, 2.05) is 0 Å². The summed E-state index contributed by atoms with van der Waals surface area (Å²) in [6.45, 7) is 0. The molecule has 1 heterocycles. The van der Waals surface area contributed by atoms with Crippen LogP contribution in [0.2, 0.25) is 0 Å². The maximum Gasteiger partial charge on any atom is 0.341 e. The summed E-state index contributed by atoms with van der Waals surface area (Å²) in [5.74, 6) is 0.0202. The third kappa shape index (κ3) is 3.99. The van der Waals surface area contributed by atoms with Crippen molar-refractivity contribution in [1.29, 1.82) is 0 Å². The van der Waals surface area contributed by atoms with E-state index < -0.39 is 5.97 Å². The molecule has 150 valence electrons. The van der Waals surface area contributed by atoms with E-state index in [-0.39, 0.29) is 5.91 Å². The molecule has 3 rings (SSSR count). The van der Waals surface area contributed by atoms with Gasteiger partial charge in [-0.05, 0) is 43.4 Å². The molecule has 1 aliphatic carbocycles. The van der Waals surface area contributed by atoms with Gasteiger partial charge in [-0.2, -0.15) is 0 Å². The first kappa shape index (κ1) is 20.2. The number of nitrogens with one attached hydrogen (secondary N) is 1. The number of hydrogen-bond donors (Lipinski definition) is 1. The molecule has 7 heteroatoms. The van der Waals surface area contributed by atoms with E-state index in [0.29, 0.717) is 27.6 Å². The summed E-state index contributed by atoms with van der Waals surface area (Å²) in [5, 5.41) is 3.43. The van der Waals surface area contributed by atoms with E-state index >= 15 is 0 Å². The fraction of sp³-hybridized carbons (Fsp3) is 0.429.